The number of halogens is 1. The van der Waals surface area contributed by atoms with Crippen molar-refractivity contribution in [3.05, 3.63) is 81.4 Å². The molecule has 2 aromatic carbocycles. The monoisotopic (exact) mass is 404 g/mol. The van der Waals surface area contributed by atoms with Crippen LogP contribution in [0.2, 0.25) is 5.02 Å². The van der Waals surface area contributed by atoms with Crippen LogP contribution in [-0.4, -0.2) is 9.97 Å². The molecule has 0 atom stereocenters. The van der Waals surface area contributed by atoms with Crippen molar-refractivity contribution < 1.29 is 4.42 Å². The van der Waals surface area contributed by atoms with Gasteiger partial charge in [0.15, 0.2) is 0 Å². The molecule has 2 aromatic heterocycles. The number of benzene rings is 2. The molecule has 0 fully saturated rings. The molecule has 1 N–H and O–H groups in total. The fourth-order valence-electron chi connectivity index (χ4n) is 3.16. The molecule has 2 heterocycles. The number of nitrogens with zero attached hydrogens (tertiary/aromatic N) is 3. The lowest BCUT2D eigenvalue weighted by Gasteiger charge is -2.08. The van der Waals surface area contributed by atoms with Gasteiger partial charge in [-0.05, 0) is 81.3 Å². The summed E-state index contributed by atoms with van der Waals surface area (Å²) in [5.74, 6) is 1.17. The van der Waals surface area contributed by atoms with Gasteiger partial charge >= 0.3 is 0 Å². The summed E-state index contributed by atoms with van der Waals surface area (Å²) in [7, 11) is 0. The van der Waals surface area contributed by atoms with Gasteiger partial charge < -0.3 is 4.42 Å². The number of anilines is 1. The second-order valence-electron chi connectivity index (χ2n) is 7.13. The van der Waals surface area contributed by atoms with Crippen LogP contribution in [0.25, 0.3) is 22.3 Å². The van der Waals surface area contributed by atoms with Crippen molar-refractivity contribution in [3.8, 4) is 11.3 Å². The Morgan fingerprint density at radius 3 is 2.21 bits per heavy atom. The lowest BCUT2D eigenvalue weighted by atomic mass is 10.1. The lowest BCUT2D eigenvalue weighted by Crippen LogP contribution is -2.09. The van der Waals surface area contributed by atoms with Crippen LogP contribution in [-0.2, 0) is 0 Å². The Kier molecular flexibility index (Phi) is 5.07. The third-order valence-corrected chi connectivity index (χ3v) is 5.00. The second kappa shape index (κ2) is 7.68. The first-order chi connectivity index (χ1) is 13.9. The highest BCUT2D eigenvalue weighted by molar-refractivity contribution is 6.30. The average Bonchev–Trinajstić information content (AvgIpc) is 2.67. The van der Waals surface area contributed by atoms with E-state index in [9.17, 15) is 0 Å². The highest BCUT2D eigenvalue weighted by Gasteiger charge is 2.08. The van der Waals surface area contributed by atoms with Crippen molar-refractivity contribution in [2.24, 2.45) is 5.10 Å². The Balaban J connectivity index is 1.90. The van der Waals surface area contributed by atoms with E-state index in [2.05, 4.69) is 40.4 Å². The van der Waals surface area contributed by atoms with Crippen LogP contribution in [0.3, 0.4) is 0 Å². The van der Waals surface area contributed by atoms with Crippen LogP contribution in [0, 0.1) is 27.7 Å². The summed E-state index contributed by atoms with van der Waals surface area (Å²) >= 11 is 6.03. The first-order valence-corrected chi connectivity index (χ1v) is 9.70. The molecule has 0 amide bonds. The molecule has 0 unspecified atom stereocenters. The zero-order valence-corrected chi connectivity index (χ0v) is 17.5. The summed E-state index contributed by atoms with van der Waals surface area (Å²) in [6.45, 7) is 8.01. The molecule has 4 aromatic rings. The van der Waals surface area contributed by atoms with Gasteiger partial charge in [0.2, 0.25) is 5.95 Å². The molecule has 0 radical (unpaired) electrons. The Labute approximate surface area is 174 Å². The molecule has 0 saturated carbocycles. The number of aromatic nitrogens is 2. The predicted molar refractivity (Wildman–Crippen MR) is 117 cm³/mol. The van der Waals surface area contributed by atoms with Crippen molar-refractivity contribution in [1.82, 2.24) is 9.97 Å². The van der Waals surface area contributed by atoms with Gasteiger partial charge in [0.1, 0.15) is 11.3 Å². The minimum absolute atomic E-state index is 0.466. The summed E-state index contributed by atoms with van der Waals surface area (Å²) < 4.78 is 6.19. The van der Waals surface area contributed by atoms with E-state index in [1.54, 1.807) is 0 Å². The van der Waals surface area contributed by atoms with E-state index in [1.807, 2.05) is 56.3 Å². The molecule has 0 aliphatic heterocycles. The molecule has 0 saturated heterocycles. The number of fused-ring (bicyclic) bond motifs is 1. The number of rotatable bonds is 3. The molecule has 0 spiro atoms. The highest BCUT2D eigenvalue weighted by atomic mass is 35.5. The maximum Gasteiger partial charge on any atom is 0.243 e. The van der Waals surface area contributed by atoms with Crippen LogP contribution in [0.15, 0.2) is 58.0 Å². The summed E-state index contributed by atoms with van der Waals surface area (Å²) in [5, 5.41) is 6.95. The fraction of sp³-hybridized carbons (Fsp3) is 0.174. The third kappa shape index (κ3) is 4.15. The van der Waals surface area contributed by atoms with Gasteiger partial charge in [-0.15, -0.1) is 0 Å². The molecular weight excluding hydrogens is 384 g/mol. The maximum atomic E-state index is 6.19. The van der Waals surface area contributed by atoms with Crippen molar-refractivity contribution in [1.29, 1.82) is 0 Å². The smallest absolute Gasteiger partial charge is 0.243 e. The topological polar surface area (TPSA) is 63.3 Å². The zero-order valence-electron chi connectivity index (χ0n) is 16.7. The quantitative estimate of drug-likeness (QED) is 0.444. The van der Waals surface area contributed by atoms with Crippen molar-refractivity contribution in [2.45, 2.75) is 27.7 Å². The summed E-state index contributed by atoms with van der Waals surface area (Å²) in [5.41, 5.74) is 8.79. The van der Waals surface area contributed by atoms with Gasteiger partial charge in [0, 0.05) is 33.4 Å². The van der Waals surface area contributed by atoms with E-state index >= 15 is 0 Å². The molecule has 146 valence electrons. The van der Waals surface area contributed by atoms with E-state index in [4.69, 9.17) is 16.0 Å². The largest absolute Gasteiger partial charge is 0.456 e. The van der Waals surface area contributed by atoms with E-state index < -0.39 is 0 Å². The fourth-order valence-corrected chi connectivity index (χ4v) is 3.29. The van der Waals surface area contributed by atoms with Crippen LogP contribution in [0.1, 0.15) is 22.5 Å². The van der Waals surface area contributed by atoms with Gasteiger partial charge in [-0.25, -0.2) is 15.4 Å². The first kappa shape index (κ1) is 19.2. The Bertz CT molecular complexity index is 1260. The molecule has 5 nitrogen and oxygen atoms in total. The zero-order chi connectivity index (χ0) is 20.5. The highest BCUT2D eigenvalue weighted by Crippen LogP contribution is 2.25. The summed E-state index contributed by atoms with van der Waals surface area (Å²) in [4.78, 5) is 8.79. The molecule has 0 aliphatic carbocycles. The van der Waals surface area contributed by atoms with E-state index in [0.29, 0.717) is 16.7 Å². The minimum atomic E-state index is 0.466. The van der Waals surface area contributed by atoms with Gasteiger partial charge in [0.05, 0.1) is 5.36 Å². The van der Waals surface area contributed by atoms with Gasteiger partial charge in [-0.1, -0.05) is 11.6 Å². The average molecular weight is 405 g/mol. The Hall–Kier alpha value is -3.18. The SMILES string of the molecule is Cc1cc(C)nc(NN=c2cc(-c3ccc(Cl)cc3)oc3cc(C)c(C)cc23)n1. The third-order valence-electron chi connectivity index (χ3n) is 4.75. The summed E-state index contributed by atoms with van der Waals surface area (Å²) in [6, 6.07) is 15.5. The maximum absolute atomic E-state index is 6.19. The van der Waals surface area contributed by atoms with Crippen LogP contribution < -0.4 is 10.8 Å². The van der Waals surface area contributed by atoms with Gasteiger partial charge in [0.25, 0.3) is 0 Å². The molecule has 29 heavy (non-hydrogen) atoms. The van der Waals surface area contributed by atoms with Crippen molar-refractivity contribution >= 4 is 28.5 Å². The van der Waals surface area contributed by atoms with Gasteiger partial charge in [-0.3, -0.25) is 0 Å². The molecule has 0 bridgehead atoms. The molecule has 4 rings (SSSR count). The van der Waals surface area contributed by atoms with Crippen molar-refractivity contribution in [3.63, 3.8) is 0 Å². The van der Waals surface area contributed by atoms with E-state index in [1.165, 1.54) is 5.56 Å². The Morgan fingerprint density at radius 2 is 1.52 bits per heavy atom. The minimum Gasteiger partial charge on any atom is -0.456 e. The Morgan fingerprint density at radius 1 is 0.862 bits per heavy atom. The summed E-state index contributed by atoms with van der Waals surface area (Å²) in [6.07, 6.45) is 0. The van der Waals surface area contributed by atoms with Gasteiger partial charge in [-0.2, -0.15) is 5.10 Å². The molecular formula is C23H21ClN4O. The lowest BCUT2D eigenvalue weighted by molar-refractivity contribution is 0.617. The number of aryl methyl sites for hydroxylation is 4. The predicted octanol–water partition coefficient (Wildman–Crippen LogP) is 5.70. The van der Waals surface area contributed by atoms with Crippen LogP contribution >= 0.6 is 11.6 Å². The standard InChI is InChI=1S/C23H21ClN4O/c1-13-9-19-20(27-28-23-25-15(3)11-16(4)26-23)12-21(29-22(19)10-14(13)2)17-5-7-18(24)8-6-17/h5-12H,1-4H3,(H,25,26,28). The van der Waals surface area contributed by atoms with E-state index in [-0.39, 0.29) is 0 Å². The number of nitrogens with one attached hydrogen (secondary N) is 1. The normalized spacial score (nSPS) is 11.8. The second-order valence-corrected chi connectivity index (χ2v) is 7.57. The van der Waals surface area contributed by atoms with Crippen LogP contribution in [0.5, 0.6) is 0 Å². The van der Waals surface area contributed by atoms with E-state index in [0.717, 1.165) is 38.8 Å². The first-order valence-electron chi connectivity index (χ1n) is 9.32. The molecule has 6 heteroatoms. The van der Waals surface area contributed by atoms with Crippen LogP contribution in [0.4, 0.5) is 5.95 Å². The molecule has 0 aliphatic rings. The van der Waals surface area contributed by atoms with Crippen molar-refractivity contribution in [2.75, 3.05) is 5.43 Å². The number of hydrogen-bond acceptors (Lipinski definition) is 5. The number of hydrogen-bond donors (Lipinski definition) is 1.